The van der Waals surface area contributed by atoms with E-state index < -0.39 is 0 Å². The fraction of sp³-hybridized carbons (Fsp3) is 0.500. The second-order valence-corrected chi connectivity index (χ2v) is 5.29. The zero-order valence-corrected chi connectivity index (χ0v) is 10.9. The molecule has 0 amide bonds. The van der Waals surface area contributed by atoms with Crippen LogP contribution in [-0.4, -0.2) is 30.3 Å². The highest BCUT2D eigenvalue weighted by molar-refractivity contribution is 6.34. The first kappa shape index (κ1) is 12.6. The number of halogens is 1. The van der Waals surface area contributed by atoms with Crippen LogP contribution in [0.5, 0.6) is 0 Å². The number of nitrogens with zero attached hydrogens (tertiary/aromatic N) is 1. The Morgan fingerprint density at radius 1 is 1.47 bits per heavy atom. The topological polar surface area (TPSA) is 20.3 Å². The van der Waals surface area contributed by atoms with E-state index in [1.807, 2.05) is 12.1 Å². The standard InChI is InChI=1S/C14H18ClNO/c1-11-5-4-8-16(9-11)10-14(17)12-6-2-3-7-13(12)15/h2-3,6-7,11H,4-5,8-10H2,1H3. The Kier molecular flexibility index (Phi) is 4.19. The van der Waals surface area contributed by atoms with Gasteiger partial charge in [0.1, 0.15) is 0 Å². The first-order chi connectivity index (χ1) is 8.16. The first-order valence-electron chi connectivity index (χ1n) is 6.17. The van der Waals surface area contributed by atoms with Gasteiger partial charge in [-0.2, -0.15) is 0 Å². The van der Waals surface area contributed by atoms with Gasteiger partial charge >= 0.3 is 0 Å². The lowest BCUT2D eigenvalue weighted by molar-refractivity contribution is 0.0893. The van der Waals surface area contributed by atoms with Gasteiger partial charge in [0.05, 0.1) is 11.6 Å². The molecule has 1 aromatic rings. The van der Waals surface area contributed by atoms with Crippen molar-refractivity contribution in [3.05, 3.63) is 34.9 Å². The molecule has 17 heavy (non-hydrogen) atoms. The van der Waals surface area contributed by atoms with Gasteiger partial charge in [0.25, 0.3) is 0 Å². The van der Waals surface area contributed by atoms with Crippen LogP contribution >= 0.6 is 11.6 Å². The number of carbonyl (C=O) groups excluding carboxylic acids is 1. The number of likely N-dealkylation sites (tertiary alicyclic amines) is 1. The van der Waals surface area contributed by atoms with Crippen molar-refractivity contribution in [2.75, 3.05) is 19.6 Å². The number of Topliss-reactive ketones (excluding diaryl/α,β-unsaturated/α-hetero) is 1. The van der Waals surface area contributed by atoms with Crippen molar-refractivity contribution in [2.45, 2.75) is 19.8 Å². The Hall–Kier alpha value is -0.860. The summed E-state index contributed by atoms with van der Waals surface area (Å²) in [5, 5.41) is 0.558. The summed E-state index contributed by atoms with van der Waals surface area (Å²) in [5.41, 5.74) is 0.646. The quantitative estimate of drug-likeness (QED) is 0.769. The fourth-order valence-corrected chi connectivity index (χ4v) is 2.65. The third kappa shape index (κ3) is 3.30. The lowest BCUT2D eigenvalue weighted by Gasteiger charge is -2.30. The number of hydrogen-bond acceptors (Lipinski definition) is 2. The highest BCUT2D eigenvalue weighted by Gasteiger charge is 2.19. The summed E-state index contributed by atoms with van der Waals surface area (Å²) in [4.78, 5) is 14.4. The van der Waals surface area contributed by atoms with E-state index in [-0.39, 0.29) is 5.78 Å². The highest BCUT2D eigenvalue weighted by atomic mass is 35.5. The summed E-state index contributed by atoms with van der Waals surface area (Å²) < 4.78 is 0. The molecule has 1 heterocycles. The van der Waals surface area contributed by atoms with Crippen LogP contribution in [0.2, 0.25) is 5.02 Å². The van der Waals surface area contributed by atoms with E-state index in [0.29, 0.717) is 23.0 Å². The van der Waals surface area contributed by atoms with Crippen molar-refractivity contribution < 1.29 is 4.79 Å². The summed E-state index contributed by atoms with van der Waals surface area (Å²) in [6, 6.07) is 7.28. The molecule has 2 rings (SSSR count). The lowest BCUT2D eigenvalue weighted by Crippen LogP contribution is -2.38. The molecule has 3 heteroatoms. The Balaban J connectivity index is 1.99. The molecular weight excluding hydrogens is 234 g/mol. The molecule has 1 saturated heterocycles. The predicted molar refractivity (Wildman–Crippen MR) is 70.6 cm³/mol. The summed E-state index contributed by atoms with van der Waals surface area (Å²) in [5.74, 6) is 0.826. The van der Waals surface area contributed by atoms with Gasteiger partial charge in [0, 0.05) is 12.1 Å². The number of rotatable bonds is 3. The van der Waals surface area contributed by atoms with Crippen molar-refractivity contribution in [2.24, 2.45) is 5.92 Å². The van der Waals surface area contributed by atoms with Crippen LogP contribution in [-0.2, 0) is 0 Å². The molecule has 1 fully saturated rings. The van der Waals surface area contributed by atoms with E-state index in [1.54, 1.807) is 12.1 Å². The van der Waals surface area contributed by atoms with Crippen LogP contribution in [0.1, 0.15) is 30.1 Å². The van der Waals surface area contributed by atoms with Gasteiger partial charge in [-0.3, -0.25) is 9.69 Å². The lowest BCUT2D eigenvalue weighted by atomic mass is 9.99. The molecule has 1 aromatic carbocycles. The van der Waals surface area contributed by atoms with Crippen molar-refractivity contribution in [3.63, 3.8) is 0 Å². The molecule has 92 valence electrons. The summed E-state index contributed by atoms with van der Waals surface area (Å²) in [6.07, 6.45) is 2.47. The molecule has 0 spiro atoms. The molecule has 1 aliphatic rings. The van der Waals surface area contributed by atoms with E-state index in [4.69, 9.17) is 11.6 Å². The molecule has 1 aliphatic heterocycles. The monoisotopic (exact) mass is 251 g/mol. The van der Waals surface area contributed by atoms with Gasteiger partial charge in [0.2, 0.25) is 0 Å². The van der Waals surface area contributed by atoms with Crippen LogP contribution in [0.25, 0.3) is 0 Å². The largest absolute Gasteiger partial charge is 0.296 e. The van der Waals surface area contributed by atoms with Crippen LogP contribution < -0.4 is 0 Å². The molecule has 0 N–H and O–H groups in total. The van der Waals surface area contributed by atoms with Crippen molar-refractivity contribution in [3.8, 4) is 0 Å². The van der Waals surface area contributed by atoms with Crippen LogP contribution in [0.15, 0.2) is 24.3 Å². The van der Waals surface area contributed by atoms with Gasteiger partial charge in [-0.1, -0.05) is 30.7 Å². The zero-order chi connectivity index (χ0) is 12.3. The average molecular weight is 252 g/mol. The Labute approximate surface area is 108 Å². The Morgan fingerprint density at radius 2 is 2.24 bits per heavy atom. The van der Waals surface area contributed by atoms with Crippen molar-refractivity contribution in [1.82, 2.24) is 4.90 Å². The molecule has 1 unspecified atom stereocenters. The van der Waals surface area contributed by atoms with Gasteiger partial charge in [-0.15, -0.1) is 0 Å². The third-order valence-corrected chi connectivity index (χ3v) is 3.61. The molecule has 0 radical (unpaired) electrons. The minimum absolute atomic E-state index is 0.129. The highest BCUT2D eigenvalue weighted by Crippen LogP contribution is 2.19. The van der Waals surface area contributed by atoms with Gasteiger partial charge in [-0.05, 0) is 37.4 Å². The predicted octanol–water partition coefficient (Wildman–Crippen LogP) is 3.25. The maximum Gasteiger partial charge on any atom is 0.178 e. The van der Waals surface area contributed by atoms with Crippen LogP contribution in [0.4, 0.5) is 0 Å². The smallest absolute Gasteiger partial charge is 0.178 e. The fourth-order valence-electron chi connectivity index (χ4n) is 2.41. The SMILES string of the molecule is CC1CCCN(CC(=O)c2ccccc2Cl)C1. The maximum absolute atomic E-state index is 12.1. The summed E-state index contributed by atoms with van der Waals surface area (Å²) in [6.45, 7) is 4.79. The summed E-state index contributed by atoms with van der Waals surface area (Å²) in [7, 11) is 0. The van der Waals surface area contributed by atoms with E-state index in [0.717, 1.165) is 13.1 Å². The first-order valence-corrected chi connectivity index (χ1v) is 6.54. The number of carbonyl (C=O) groups is 1. The van der Waals surface area contributed by atoms with Crippen molar-refractivity contribution >= 4 is 17.4 Å². The number of hydrogen-bond donors (Lipinski definition) is 0. The minimum atomic E-state index is 0.129. The van der Waals surface area contributed by atoms with E-state index in [9.17, 15) is 4.79 Å². The van der Waals surface area contributed by atoms with Gasteiger partial charge in [0.15, 0.2) is 5.78 Å². The molecule has 0 bridgehead atoms. The maximum atomic E-state index is 12.1. The van der Waals surface area contributed by atoms with Crippen LogP contribution in [0, 0.1) is 5.92 Å². The van der Waals surface area contributed by atoms with Crippen molar-refractivity contribution in [1.29, 1.82) is 0 Å². The number of piperidine rings is 1. The normalized spacial score (nSPS) is 21.4. The zero-order valence-electron chi connectivity index (χ0n) is 10.2. The minimum Gasteiger partial charge on any atom is -0.296 e. The molecular formula is C14H18ClNO. The van der Waals surface area contributed by atoms with Gasteiger partial charge < -0.3 is 0 Å². The third-order valence-electron chi connectivity index (χ3n) is 3.28. The molecule has 0 aromatic heterocycles. The van der Waals surface area contributed by atoms with E-state index >= 15 is 0 Å². The number of ketones is 1. The van der Waals surface area contributed by atoms with E-state index in [1.165, 1.54) is 12.8 Å². The van der Waals surface area contributed by atoms with Gasteiger partial charge in [-0.25, -0.2) is 0 Å². The molecule has 0 saturated carbocycles. The molecule has 2 nitrogen and oxygen atoms in total. The average Bonchev–Trinajstić information content (AvgIpc) is 2.29. The molecule has 0 aliphatic carbocycles. The summed E-state index contributed by atoms with van der Waals surface area (Å²) >= 11 is 6.03. The second-order valence-electron chi connectivity index (χ2n) is 4.89. The molecule has 1 atom stereocenters. The number of benzene rings is 1. The van der Waals surface area contributed by atoms with Crippen LogP contribution in [0.3, 0.4) is 0 Å². The van der Waals surface area contributed by atoms with E-state index in [2.05, 4.69) is 11.8 Å². The Morgan fingerprint density at radius 3 is 2.94 bits per heavy atom. The Bertz CT molecular complexity index is 405. The second kappa shape index (κ2) is 5.65.